The van der Waals surface area contributed by atoms with Gasteiger partial charge < -0.3 is 10.0 Å². The number of halogens is 1. The summed E-state index contributed by atoms with van der Waals surface area (Å²) in [5.74, 6) is 1.68. The van der Waals surface area contributed by atoms with Crippen LogP contribution in [0.2, 0.25) is 0 Å². The maximum atomic E-state index is 12.1. The summed E-state index contributed by atoms with van der Waals surface area (Å²) >= 11 is 0. The summed E-state index contributed by atoms with van der Waals surface area (Å²) in [6.45, 7) is 2.10. The molecule has 0 radical (unpaired) electrons. The van der Waals surface area contributed by atoms with Crippen LogP contribution in [-0.4, -0.2) is 42.4 Å². The molecule has 3 atom stereocenters. The number of hydrogen-bond acceptors (Lipinski definition) is 2. The van der Waals surface area contributed by atoms with Crippen molar-refractivity contribution in [1.29, 1.82) is 0 Å². The molecule has 2 aliphatic rings. The van der Waals surface area contributed by atoms with Crippen LogP contribution in [-0.2, 0) is 0 Å². The summed E-state index contributed by atoms with van der Waals surface area (Å²) in [5.41, 5.74) is 0. The average molecular weight is 187 g/mol. The smallest absolute Gasteiger partial charge is 0.117 e. The Hall–Kier alpha value is -0.150. The van der Waals surface area contributed by atoms with Crippen LogP contribution in [0, 0.1) is 11.8 Å². The molecule has 1 N–H and O–H groups in total. The molecule has 3 heteroatoms. The molecule has 2 fully saturated rings. The molecule has 0 aromatic carbocycles. The fraction of sp³-hybridized carbons (Fsp3) is 1.00. The Balaban J connectivity index is 1.78. The van der Waals surface area contributed by atoms with Crippen molar-refractivity contribution >= 4 is 0 Å². The van der Waals surface area contributed by atoms with Crippen molar-refractivity contribution in [3.63, 3.8) is 0 Å². The van der Waals surface area contributed by atoms with Crippen LogP contribution < -0.4 is 0 Å². The van der Waals surface area contributed by atoms with Crippen molar-refractivity contribution in [3.05, 3.63) is 0 Å². The topological polar surface area (TPSA) is 23.5 Å². The number of likely N-dealkylation sites (tertiary alicyclic amines) is 1. The van der Waals surface area contributed by atoms with Gasteiger partial charge in [0.1, 0.15) is 6.67 Å². The largest absolute Gasteiger partial charge is 0.389 e. The number of aliphatic hydroxyl groups excluding tert-OH is 1. The van der Waals surface area contributed by atoms with Gasteiger partial charge >= 0.3 is 0 Å². The quantitative estimate of drug-likeness (QED) is 0.714. The summed E-state index contributed by atoms with van der Waals surface area (Å²) < 4.78 is 12.1. The normalized spacial score (nSPS) is 36.5. The molecule has 1 saturated heterocycles. The minimum Gasteiger partial charge on any atom is -0.389 e. The first-order valence-electron chi connectivity index (χ1n) is 5.26. The van der Waals surface area contributed by atoms with Crippen molar-refractivity contribution < 1.29 is 9.50 Å². The van der Waals surface area contributed by atoms with Crippen molar-refractivity contribution in [2.45, 2.75) is 25.4 Å². The molecule has 76 valence electrons. The lowest BCUT2D eigenvalue weighted by molar-refractivity contribution is 0.0963. The highest BCUT2D eigenvalue weighted by Crippen LogP contribution is 2.37. The molecule has 0 bridgehead atoms. The van der Waals surface area contributed by atoms with Gasteiger partial charge in [0.2, 0.25) is 0 Å². The molecular weight excluding hydrogens is 169 g/mol. The van der Waals surface area contributed by atoms with E-state index >= 15 is 0 Å². The van der Waals surface area contributed by atoms with E-state index in [-0.39, 0.29) is 0 Å². The van der Waals surface area contributed by atoms with Gasteiger partial charge in [-0.15, -0.1) is 0 Å². The number of alkyl halides is 1. The number of aliphatic hydroxyl groups is 1. The second-order valence-electron chi connectivity index (χ2n) is 4.48. The molecule has 1 saturated carbocycles. The Labute approximate surface area is 78.7 Å². The van der Waals surface area contributed by atoms with Crippen LogP contribution in [0.25, 0.3) is 0 Å². The second-order valence-corrected chi connectivity index (χ2v) is 4.48. The van der Waals surface area contributed by atoms with Gasteiger partial charge in [-0.25, -0.2) is 4.39 Å². The highest BCUT2D eigenvalue weighted by Gasteiger charge is 2.36. The Morgan fingerprint density at radius 2 is 1.92 bits per heavy atom. The number of fused-ring (bicyclic) bond motifs is 1. The van der Waals surface area contributed by atoms with E-state index < -0.39 is 12.8 Å². The molecule has 1 unspecified atom stereocenters. The third-order valence-corrected chi connectivity index (χ3v) is 3.45. The van der Waals surface area contributed by atoms with Crippen LogP contribution in [0.1, 0.15) is 19.3 Å². The fourth-order valence-electron chi connectivity index (χ4n) is 2.83. The predicted molar refractivity (Wildman–Crippen MR) is 49.3 cm³/mol. The molecule has 0 aromatic heterocycles. The van der Waals surface area contributed by atoms with Crippen LogP contribution in [0.15, 0.2) is 0 Å². The van der Waals surface area contributed by atoms with Gasteiger partial charge in [0.15, 0.2) is 0 Å². The van der Waals surface area contributed by atoms with Crippen LogP contribution >= 0.6 is 0 Å². The number of rotatable bonds is 3. The Morgan fingerprint density at radius 1 is 1.31 bits per heavy atom. The van der Waals surface area contributed by atoms with Gasteiger partial charge in [-0.05, 0) is 24.7 Å². The maximum absolute atomic E-state index is 12.1. The minimum absolute atomic E-state index is 0.531. The van der Waals surface area contributed by atoms with E-state index in [2.05, 4.69) is 4.90 Å². The highest BCUT2D eigenvalue weighted by molar-refractivity contribution is 4.88. The van der Waals surface area contributed by atoms with E-state index in [1.807, 2.05) is 0 Å². The third kappa shape index (κ3) is 2.02. The second kappa shape index (κ2) is 3.93. The molecule has 13 heavy (non-hydrogen) atoms. The third-order valence-electron chi connectivity index (χ3n) is 3.45. The summed E-state index contributed by atoms with van der Waals surface area (Å²) in [6, 6.07) is 0. The van der Waals surface area contributed by atoms with Crippen molar-refractivity contribution in [2.75, 3.05) is 26.3 Å². The first-order valence-corrected chi connectivity index (χ1v) is 5.26. The molecule has 2 rings (SSSR count). The molecule has 0 spiro atoms. The molecular formula is C10H18FNO. The zero-order valence-electron chi connectivity index (χ0n) is 7.95. The van der Waals surface area contributed by atoms with E-state index in [1.54, 1.807) is 0 Å². The van der Waals surface area contributed by atoms with Crippen molar-refractivity contribution in [1.82, 2.24) is 4.90 Å². The van der Waals surface area contributed by atoms with Gasteiger partial charge in [0, 0.05) is 19.6 Å². The summed E-state index contributed by atoms with van der Waals surface area (Å²) in [7, 11) is 0. The molecule has 0 amide bonds. The fourth-order valence-corrected chi connectivity index (χ4v) is 2.83. The Kier molecular flexibility index (Phi) is 2.84. The molecule has 1 aliphatic heterocycles. The molecule has 2 nitrogen and oxygen atoms in total. The Bertz CT molecular complexity index is 162. The predicted octanol–water partition coefficient (Wildman–Crippen LogP) is 1.05. The van der Waals surface area contributed by atoms with Crippen LogP contribution in [0.5, 0.6) is 0 Å². The zero-order chi connectivity index (χ0) is 9.26. The molecule has 1 aliphatic carbocycles. The average Bonchev–Trinajstić information content (AvgIpc) is 2.63. The van der Waals surface area contributed by atoms with E-state index in [0.717, 1.165) is 24.9 Å². The van der Waals surface area contributed by atoms with Gasteiger partial charge in [-0.1, -0.05) is 6.42 Å². The summed E-state index contributed by atoms with van der Waals surface area (Å²) in [4.78, 5) is 2.22. The number of nitrogens with zero attached hydrogens (tertiary/aromatic N) is 1. The monoisotopic (exact) mass is 187 g/mol. The SMILES string of the molecule is OC(CF)CN1C[C@H]2CCC[C@H]2C1. The lowest BCUT2D eigenvalue weighted by atomic mass is 10.0. The summed E-state index contributed by atoms with van der Waals surface area (Å²) in [6.07, 6.45) is 3.29. The van der Waals surface area contributed by atoms with Gasteiger partial charge in [0.25, 0.3) is 0 Å². The lowest BCUT2D eigenvalue weighted by Gasteiger charge is -2.18. The Morgan fingerprint density at radius 3 is 2.46 bits per heavy atom. The summed E-state index contributed by atoms with van der Waals surface area (Å²) in [5, 5.41) is 9.16. The molecule has 1 heterocycles. The van der Waals surface area contributed by atoms with Crippen molar-refractivity contribution in [3.8, 4) is 0 Å². The van der Waals surface area contributed by atoms with E-state index in [0.29, 0.717) is 6.54 Å². The maximum Gasteiger partial charge on any atom is 0.117 e. The zero-order valence-corrected chi connectivity index (χ0v) is 7.95. The van der Waals surface area contributed by atoms with E-state index in [1.165, 1.54) is 19.3 Å². The van der Waals surface area contributed by atoms with Gasteiger partial charge in [-0.3, -0.25) is 0 Å². The van der Waals surface area contributed by atoms with E-state index in [4.69, 9.17) is 5.11 Å². The highest BCUT2D eigenvalue weighted by atomic mass is 19.1. The molecule has 0 aromatic rings. The van der Waals surface area contributed by atoms with Crippen LogP contribution in [0.3, 0.4) is 0 Å². The van der Waals surface area contributed by atoms with Crippen LogP contribution in [0.4, 0.5) is 4.39 Å². The standard InChI is InChI=1S/C10H18FNO/c11-4-10(13)7-12-5-8-2-1-3-9(8)6-12/h8-10,13H,1-7H2/t8-,9+,10?. The number of β-amino-alcohol motifs (C(OH)–C–C–N with tert-alkyl or cyclic N) is 1. The lowest BCUT2D eigenvalue weighted by Crippen LogP contribution is -2.32. The minimum atomic E-state index is -0.765. The van der Waals surface area contributed by atoms with Gasteiger partial charge in [0.05, 0.1) is 6.10 Å². The first kappa shape index (κ1) is 9.41. The number of hydrogen-bond donors (Lipinski definition) is 1. The van der Waals surface area contributed by atoms with Gasteiger partial charge in [-0.2, -0.15) is 0 Å². The van der Waals surface area contributed by atoms with E-state index in [9.17, 15) is 4.39 Å². The van der Waals surface area contributed by atoms with Crippen molar-refractivity contribution in [2.24, 2.45) is 11.8 Å². The first-order chi connectivity index (χ1) is 6.29.